The Hall–Kier alpha value is -2.14. The molecule has 2 saturated heterocycles. The third kappa shape index (κ3) is 3.53. The van der Waals surface area contributed by atoms with Crippen LogP contribution in [-0.4, -0.2) is 57.2 Å². The summed E-state index contributed by atoms with van der Waals surface area (Å²) < 4.78 is 39.3. The number of morpholine rings is 1. The summed E-state index contributed by atoms with van der Waals surface area (Å²) in [4.78, 5) is 17.2. The number of carbonyl (C=O) groups is 1. The maximum absolute atomic E-state index is 12.5. The van der Waals surface area contributed by atoms with Gasteiger partial charge in [0.1, 0.15) is 11.5 Å². The number of amides is 1. The van der Waals surface area contributed by atoms with Crippen LogP contribution in [0, 0.1) is 0 Å². The predicted molar refractivity (Wildman–Crippen MR) is 104 cm³/mol. The number of rotatable bonds is 4. The first kappa shape index (κ1) is 18.2. The van der Waals surface area contributed by atoms with E-state index >= 15 is 0 Å². The topological polar surface area (TPSA) is 90.4 Å². The Morgan fingerprint density at radius 1 is 1.07 bits per heavy atom. The zero-order chi connectivity index (χ0) is 19.0. The Morgan fingerprint density at radius 3 is 2.33 bits per heavy atom. The van der Waals surface area contributed by atoms with Gasteiger partial charge in [0.2, 0.25) is 11.4 Å². The molecule has 1 amide bonds. The normalized spacial score (nSPS) is 21.1. The highest BCUT2D eigenvalue weighted by Crippen LogP contribution is 2.34. The van der Waals surface area contributed by atoms with Gasteiger partial charge in [-0.2, -0.15) is 8.42 Å². The highest BCUT2D eigenvalue weighted by Gasteiger charge is 2.46. The van der Waals surface area contributed by atoms with Crippen LogP contribution in [0.25, 0.3) is 0 Å². The first-order valence-electron chi connectivity index (χ1n) is 8.46. The quantitative estimate of drug-likeness (QED) is 0.767. The second-order valence-corrected chi connectivity index (χ2v) is 8.68. The number of benzene rings is 1. The molecule has 2 aliphatic rings. The molecule has 2 fully saturated rings. The highest BCUT2D eigenvalue weighted by molar-refractivity contribution is 7.86. The zero-order valence-electron chi connectivity index (χ0n) is 14.4. The van der Waals surface area contributed by atoms with Crippen molar-refractivity contribution in [3.05, 3.63) is 41.8 Å². The van der Waals surface area contributed by atoms with Gasteiger partial charge in [0.05, 0.1) is 13.2 Å². The maximum atomic E-state index is 12.5. The van der Waals surface area contributed by atoms with Gasteiger partial charge >= 0.3 is 10.1 Å². The van der Waals surface area contributed by atoms with Crippen molar-refractivity contribution in [2.45, 2.75) is 5.50 Å². The summed E-state index contributed by atoms with van der Waals surface area (Å²) in [5, 5.41) is 2.23. The van der Waals surface area contributed by atoms with Gasteiger partial charge in [0.25, 0.3) is 0 Å². The Labute approximate surface area is 161 Å². The first-order chi connectivity index (χ1) is 12.9. The van der Waals surface area contributed by atoms with Crippen LogP contribution in [0.3, 0.4) is 0 Å². The second kappa shape index (κ2) is 7.12. The largest absolute Gasteiger partial charge is 0.378 e. The van der Waals surface area contributed by atoms with E-state index in [1.54, 1.807) is 29.6 Å². The van der Waals surface area contributed by atoms with Crippen molar-refractivity contribution in [2.24, 2.45) is 0 Å². The molecule has 2 aromatic rings. The van der Waals surface area contributed by atoms with Gasteiger partial charge in [-0.25, -0.2) is 0 Å². The van der Waals surface area contributed by atoms with Crippen molar-refractivity contribution in [1.29, 1.82) is 0 Å². The fraction of sp³-hybridized carbons (Fsp3) is 0.353. The standard InChI is InChI=1S/C17H19N3O5S2/c21-15-12-19(17(27(22,23)24)20(15)16-2-1-11-26-16)14-5-3-13(4-6-14)18-7-9-25-10-8-18/h1-6,11,17H,7-10,12H2,(H,22,23,24). The molecule has 1 aromatic carbocycles. The molecule has 0 radical (unpaired) electrons. The minimum atomic E-state index is -4.53. The van der Waals surface area contributed by atoms with Gasteiger partial charge in [-0.1, -0.05) is 0 Å². The number of nitrogens with zero attached hydrogens (tertiary/aromatic N) is 3. The van der Waals surface area contributed by atoms with E-state index in [9.17, 15) is 17.8 Å². The maximum Gasteiger partial charge on any atom is 0.306 e. The lowest BCUT2D eigenvalue weighted by Crippen LogP contribution is -2.45. The van der Waals surface area contributed by atoms with Gasteiger partial charge in [-0.3, -0.25) is 14.2 Å². The fourth-order valence-corrected chi connectivity index (χ4v) is 5.24. The number of thiophene rings is 1. The van der Waals surface area contributed by atoms with Crippen molar-refractivity contribution in [2.75, 3.05) is 47.5 Å². The van der Waals surface area contributed by atoms with Crippen molar-refractivity contribution >= 4 is 43.7 Å². The Balaban J connectivity index is 1.64. The van der Waals surface area contributed by atoms with Crippen LogP contribution >= 0.6 is 11.3 Å². The van der Waals surface area contributed by atoms with E-state index < -0.39 is 15.6 Å². The number of carbonyl (C=O) groups excluding carboxylic acids is 1. The van der Waals surface area contributed by atoms with Crippen molar-refractivity contribution in [3.8, 4) is 0 Å². The minimum Gasteiger partial charge on any atom is -0.378 e. The monoisotopic (exact) mass is 409 g/mol. The third-order valence-corrected chi connectivity index (χ3v) is 6.50. The van der Waals surface area contributed by atoms with Crippen LogP contribution in [0.15, 0.2) is 41.8 Å². The van der Waals surface area contributed by atoms with E-state index in [-0.39, 0.29) is 12.5 Å². The molecule has 27 heavy (non-hydrogen) atoms. The number of anilines is 3. The molecule has 4 rings (SSSR count). The number of ether oxygens (including phenoxy) is 1. The average Bonchev–Trinajstić information content (AvgIpc) is 3.29. The van der Waals surface area contributed by atoms with Gasteiger partial charge < -0.3 is 14.5 Å². The molecule has 0 bridgehead atoms. The highest BCUT2D eigenvalue weighted by atomic mass is 32.2. The van der Waals surface area contributed by atoms with Crippen LogP contribution in [-0.2, 0) is 19.6 Å². The SMILES string of the molecule is O=C1CN(c2ccc(N3CCOCC3)cc2)C(S(=O)(=O)O)N1c1cccs1. The summed E-state index contributed by atoms with van der Waals surface area (Å²) in [5.41, 5.74) is 0.0889. The van der Waals surface area contributed by atoms with E-state index in [1.807, 2.05) is 12.1 Å². The van der Waals surface area contributed by atoms with E-state index in [0.717, 1.165) is 23.7 Å². The molecule has 2 aliphatic heterocycles. The van der Waals surface area contributed by atoms with Crippen molar-refractivity contribution < 1.29 is 22.5 Å². The summed E-state index contributed by atoms with van der Waals surface area (Å²) in [6.07, 6.45) is 0. The van der Waals surface area contributed by atoms with E-state index in [0.29, 0.717) is 23.9 Å². The van der Waals surface area contributed by atoms with Gasteiger partial charge in [0.15, 0.2) is 0 Å². The predicted octanol–water partition coefficient (Wildman–Crippen LogP) is 1.61. The Bertz CT molecular complexity index is 909. The molecule has 0 spiro atoms. The molecule has 8 nitrogen and oxygen atoms in total. The zero-order valence-corrected chi connectivity index (χ0v) is 16.0. The lowest BCUT2D eigenvalue weighted by atomic mass is 10.2. The summed E-state index contributed by atoms with van der Waals surface area (Å²) >= 11 is 1.25. The number of hydrogen-bond acceptors (Lipinski definition) is 7. The second-order valence-electron chi connectivity index (χ2n) is 6.30. The fourth-order valence-electron chi connectivity index (χ4n) is 3.39. The Kier molecular flexibility index (Phi) is 4.81. The minimum absolute atomic E-state index is 0.126. The first-order valence-corrected chi connectivity index (χ1v) is 10.8. The molecule has 1 aromatic heterocycles. The Morgan fingerprint density at radius 2 is 1.74 bits per heavy atom. The number of hydrogen-bond donors (Lipinski definition) is 1. The van der Waals surface area contributed by atoms with Gasteiger partial charge in [0, 0.05) is 24.5 Å². The summed E-state index contributed by atoms with van der Waals surface area (Å²) in [6.45, 7) is 2.80. The molecular weight excluding hydrogens is 390 g/mol. The third-order valence-electron chi connectivity index (χ3n) is 4.63. The molecule has 1 unspecified atom stereocenters. The van der Waals surface area contributed by atoms with Gasteiger partial charge in [-0.15, -0.1) is 11.3 Å². The molecule has 0 saturated carbocycles. The van der Waals surface area contributed by atoms with Crippen LogP contribution in [0.4, 0.5) is 16.4 Å². The molecule has 1 N–H and O–H groups in total. The summed E-state index contributed by atoms with van der Waals surface area (Å²) in [7, 11) is -4.53. The van der Waals surface area contributed by atoms with Crippen LogP contribution in [0.5, 0.6) is 0 Å². The summed E-state index contributed by atoms with van der Waals surface area (Å²) in [6, 6.07) is 10.7. The smallest absolute Gasteiger partial charge is 0.306 e. The molecule has 0 aliphatic carbocycles. The van der Waals surface area contributed by atoms with E-state index in [2.05, 4.69) is 4.90 Å². The van der Waals surface area contributed by atoms with E-state index in [1.165, 1.54) is 16.2 Å². The lowest BCUT2D eigenvalue weighted by Gasteiger charge is -2.30. The van der Waals surface area contributed by atoms with E-state index in [4.69, 9.17) is 4.74 Å². The van der Waals surface area contributed by atoms with Crippen LogP contribution < -0.4 is 14.7 Å². The lowest BCUT2D eigenvalue weighted by molar-refractivity contribution is -0.116. The molecule has 144 valence electrons. The average molecular weight is 409 g/mol. The van der Waals surface area contributed by atoms with Crippen LogP contribution in [0.2, 0.25) is 0 Å². The molecule has 10 heteroatoms. The molecule has 3 heterocycles. The van der Waals surface area contributed by atoms with Crippen molar-refractivity contribution in [3.63, 3.8) is 0 Å². The molecule has 1 atom stereocenters. The van der Waals surface area contributed by atoms with Crippen molar-refractivity contribution in [1.82, 2.24) is 0 Å². The van der Waals surface area contributed by atoms with Gasteiger partial charge in [-0.05, 0) is 41.8 Å². The molecular formula is C17H19N3O5S2. The summed E-state index contributed by atoms with van der Waals surface area (Å²) in [5.74, 6) is -0.377. The van der Waals surface area contributed by atoms with Crippen LogP contribution in [0.1, 0.15) is 0 Å².